The second-order valence-electron chi connectivity index (χ2n) is 6.61. The van der Waals surface area contributed by atoms with E-state index in [4.69, 9.17) is 4.74 Å². The molecule has 2 aliphatic rings. The molecule has 3 rings (SSSR count). The molecule has 0 radical (unpaired) electrons. The minimum atomic E-state index is 0.202. The molecule has 2 heterocycles. The summed E-state index contributed by atoms with van der Waals surface area (Å²) in [5.74, 6) is 1.44. The number of hydrogen-bond donors (Lipinski definition) is 1. The average molecular weight is 301 g/mol. The summed E-state index contributed by atoms with van der Waals surface area (Å²) < 4.78 is 5.83. The predicted octanol–water partition coefficient (Wildman–Crippen LogP) is 3.21. The molecule has 22 heavy (non-hydrogen) atoms. The summed E-state index contributed by atoms with van der Waals surface area (Å²) in [6.07, 6.45) is 2.51. The number of hydrogen-bond acceptors (Lipinski definition) is 4. The van der Waals surface area contributed by atoms with Crippen molar-refractivity contribution in [3.63, 3.8) is 0 Å². The number of piperidine rings is 1. The van der Waals surface area contributed by atoms with Crippen molar-refractivity contribution in [2.45, 2.75) is 45.8 Å². The van der Waals surface area contributed by atoms with Crippen LogP contribution in [-0.2, 0) is 0 Å². The Hall–Kier alpha value is -1.55. The van der Waals surface area contributed by atoms with Crippen molar-refractivity contribution in [1.82, 2.24) is 10.3 Å². The summed E-state index contributed by atoms with van der Waals surface area (Å²) in [5.41, 5.74) is 5.98. The molecule has 2 aliphatic heterocycles. The molecule has 120 valence electrons. The number of hydrazone groups is 1. The van der Waals surface area contributed by atoms with E-state index in [1.165, 1.54) is 24.2 Å². The predicted molar refractivity (Wildman–Crippen MR) is 90.4 cm³/mol. The lowest BCUT2D eigenvalue weighted by atomic mass is 9.86. The SMILES string of the molecule is CCCN1CCC2=NNC(c3cccc(OC(C)C)c3)C2C1. The van der Waals surface area contributed by atoms with Gasteiger partial charge < -0.3 is 15.1 Å². The molecule has 0 amide bonds. The van der Waals surface area contributed by atoms with Crippen LogP contribution in [0.3, 0.4) is 0 Å². The summed E-state index contributed by atoms with van der Waals surface area (Å²) in [7, 11) is 0. The molecular weight excluding hydrogens is 274 g/mol. The van der Waals surface area contributed by atoms with Gasteiger partial charge >= 0.3 is 0 Å². The Morgan fingerprint density at radius 2 is 2.27 bits per heavy atom. The van der Waals surface area contributed by atoms with Gasteiger partial charge in [-0.1, -0.05) is 19.1 Å². The maximum absolute atomic E-state index is 5.83. The van der Waals surface area contributed by atoms with Crippen LogP contribution in [-0.4, -0.2) is 36.3 Å². The number of benzene rings is 1. The van der Waals surface area contributed by atoms with Crippen molar-refractivity contribution in [1.29, 1.82) is 0 Å². The molecule has 1 aromatic rings. The van der Waals surface area contributed by atoms with Crippen molar-refractivity contribution in [3.8, 4) is 5.75 Å². The van der Waals surface area contributed by atoms with Crippen LogP contribution in [0.15, 0.2) is 29.4 Å². The van der Waals surface area contributed by atoms with E-state index in [1.807, 2.05) is 6.07 Å². The Balaban J connectivity index is 1.75. The third kappa shape index (κ3) is 3.27. The summed E-state index contributed by atoms with van der Waals surface area (Å²) >= 11 is 0. The maximum atomic E-state index is 5.83. The van der Waals surface area contributed by atoms with Crippen LogP contribution in [0.2, 0.25) is 0 Å². The van der Waals surface area contributed by atoms with E-state index in [0.29, 0.717) is 5.92 Å². The van der Waals surface area contributed by atoms with Gasteiger partial charge in [0.1, 0.15) is 5.75 Å². The van der Waals surface area contributed by atoms with Gasteiger partial charge in [0.05, 0.1) is 12.1 Å². The molecule has 4 heteroatoms. The summed E-state index contributed by atoms with van der Waals surface area (Å²) in [6.45, 7) is 9.82. The van der Waals surface area contributed by atoms with E-state index in [9.17, 15) is 0 Å². The molecule has 1 saturated heterocycles. The minimum Gasteiger partial charge on any atom is -0.491 e. The quantitative estimate of drug-likeness (QED) is 0.907. The van der Waals surface area contributed by atoms with Gasteiger partial charge in [0, 0.05) is 31.1 Å². The number of rotatable bonds is 5. The average Bonchev–Trinajstić information content (AvgIpc) is 2.90. The van der Waals surface area contributed by atoms with Crippen LogP contribution in [0.25, 0.3) is 0 Å². The van der Waals surface area contributed by atoms with E-state index < -0.39 is 0 Å². The van der Waals surface area contributed by atoms with Gasteiger partial charge in [-0.2, -0.15) is 5.10 Å². The van der Waals surface area contributed by atoms with E-state index in [0.717, 1.165) is 25.3 Å². The molecule has 1 fully saturated rings. The number of ether oxygens (including phenoxy) is 1. The second-order valence-corrected chi connectivity index (χ2v) is 6.61. The van der Waals surface area contributed by atoms with E-state index in [1.54, 1.807) is 0 Å². The number of likely N-dealkylation sites (tertiary alicyclic amines) is 1. The molecule has 0 saturated carbocycles. The van der Waals surface area contributed by atoms with Gasteiger partial charge in [-0.3, -0.25) is 0 Å². The highest BCUT2D eigenvalue weighted by atomic mass is 16.5. The van der Waals surface area contributed by atoms with Gasteiger partial charge in [-0.05, 0) is 44.5 Å². The first-order valence-corrected chi connectivity index (χ1v) is 8.48. The fourth-order valence-corrected chi connectivity index (χ4v) is 3.49. The van der Waals surface area contributed by atoms with Crippen molar-refractivity contribution in [3.05, 3.63) is 29.8 Å². The van der Waals surface area contributed by atoms with Crippen LogP contribution < -0.4 is 10.2 Å². The van der Waals surface area contributed by atoms with E-state index >= 15 is 0 Å². The number of nitrogens with one attached hydrogen (secondary N) is 1. The van der Waals surface area contributed by atoms with Crippen molar-refractivity contribution >= 4 is 5.71 Å². The highest BCUT2D eigenvalue weighted by Gasteiger charge is 2.36. The lowest BCUT2D eigenvalue weighted by Gasteiger charge is -2.33. The summed E-state index contributed by atoms with van der Waals surface area (Å²) in [6, 6.07) is 8.74. The first-order chi connectivity index (χ1) is 10.7. The number of nitrogens with zero attached hydrogens (tertiary/aromatic N) is 2. The first kappa shape index (κ1) is 15.3. The standard InChI is InChI=1S/C18H27N3O/c1-4-9-21-10-8-17-16(12-21)18(20-19-17)14-6-5-7-15(11-14)22-13(2)3/h5-7,11,13,16,18,20H,4,8-10,12H2,1-3H3. The molecule has 1 N–H and O–H groups in total. The van der Waals surface area contributed by atoms with Crippen molar-refractivity contribution in [2.75, 3.05) is 19.6 Å². The largest absolute Gasteiger partial charge is 0.491 e. The Labute approximate surface area is 133 Å². The minimum absolute atomic E-state index is 0.202. The van der Waals surface area contributed by atoms with Crippen molar-refractivity contribution in [2.24, 2.45) is 11.0 Å². The zero-order chi connectivity index (χ0) is 15.5. The van der Waals surface area contributed by atoms with Crippen LogP contribution in [0.1, 0.15) is 45.2 Å². The van der Waals surface area contributed by atoms with Crippen LogP contribution in [0, 0.1) is 5.92 Å². The van der Waals surface area contributed by atoms with Crippen LogP contribution >= 0.6 is 0 Å². The van der Waals surface area contributed by atoms with Crippen LogP contribution in [0.4, 0.5) is 0 Å². The fourth-order valence-electron chi connectivity index (χ4n) is 3.49. The smallest absolute Gasteiger partial charge is 0.120 e. The molecule has 0 bridgehead atoms. The zero-order valence-corrected chi connectivity index (χ0v) is 13.9. The monoisotopic (exact) mass is 301 g/mol. The summed E-state index contributed by atoms with van der Waals surface area (Å²) in [5, 5.41) is 4.60. The van der Waals surface area contributed by atoms with E-state index in [2.05, 4.69) is 54.4 Å². The molecule has 0 spiro atoms. The van der Waals surface area contributed by atoms with E-state index in [-0.39, 0.29) is 12.1 Å². The lowest BCUT2D eigenvalue weighted by Crippen LogP contribution is -2.42. The topological polar surface area (TPSA) is 36.9 Å². The Morgan fingerprint density at radius 3 is 3.05 bits per heavy atom. The van der Waals surface area contributed by atoms with Gasteiger partial charge in [-0.25, -0.2) is 0 Å². The summed E-state index contributed by atoms with van der Waals surface area (Å²) in [4.78, 5) is 2.57. The number of fused-ring (bicyclic) bond motifs is 1. The first-order valence-electron chi connectivity index (χ1n) is 8.48. The molecule has 2 unspecified atom stereocenters. The lowest BCUT2D eigenvalue weighted by molar-refractivity contribution is 0.227. The molecule has 0 aliphatic carbocycles. The third-order valence-corrected chi connectivity index (χ3v) is 4.45. The Kier molecular flexibility index (Phi) is 4.67. The van der Waals surface area contributed by atoms with Gasteiger partial charge in [-0.15, -0.1) is 0 Å². The maximum Gasteiger partial charge on any atom is 0.120 e. The Bertz CT molecular complexity index is 541. The highest BCUT2D eigenvalue weighted by Crippen LogP contribution is 2.33. The highest BCUT2D eigenvalue weighted by molar-refractivity contribution is 5.89. The zero-order valence-electron chi connectivity index (χ0n) is 13.9. The molecular formula is C18H27N3O. The van der Waals surface area contributed by atoms with Gasteiger partial charge in [0.25, 0.3) is 0 Å². The fraction of sp³-hybridized carbons (Fsp3) is 0.611. The van der Waals surface area contributed by atoms with Gasteiger partial charge in [0.2, 0.25) is 0 Å². The molecule has 1 aromatic carbocycles. The third-order valence-electron chi connectivity index (χ3n) is 4.45. The van der Waals surface area contributed by atoms with Crippen molar-refractivity contribution < 1.29 is 4.74 Å². The normalized spacial score (nSPS) is 24.8. The Morgan fingerprint density at radius 1 is 1.41 bits per heavy atom. The molecule has 0 aromatic heterocycles. The van der Waals surface area contributed by atoms with Gasteiger partial charge in [0.15, 0.2) is 0 Å². The molecule has 2 atom stereocenters. The molecule has 4 nitrogen and oxygen atoms in total. The second kappa shape index (κ2) is 6.69. The van der Waals surface area contributed by atoms with Crippen LogP contribution in [0.5, 0.6) is 5.75 Å².